The van der Waals surface area contributed by atoms with Crippen molar-refractivity contribution in [2.75, 3.05) is 31.7 Å². The summed E-state index contributed by atoms with van der Waals surface area (Å²) in [5.74, 6) is -0.156. The van der Waals surface area contributed by atoms with Crippen molar-refractivity contribution in [2.45, 2.75) is 32.4 Å². The fourth-order valence-corrected chi connectivity index (χ4v) is 2.53. The first-order valence-electron chi connectivity index (χ1n) is 6.97. The second kappa shape index (κ2) is 6.35. The molecule has 4 heteroatoms. The molecule has 0 amide bonds. The zero-order valence-electron chi connectivity index (χ0n) is 11.9. The van der Waals surface area contributed by atoms with Crippen molar-refractivity contribution in [3.05, 3.63) is 29.6 Å². The third-order valence-electron chi connectivity index (χ3n) is 3.82. The van der Waals surface area contributed by atoms with Crippen LogP contribution in [0.4, 0.5) is 10.1 Å². The van der Waals surface area contributed by atoms with Gasteiger partial charge in [-0.25, -0.2) is 4.39 Å². The van der Waals surface area contributed by atoms with Gasteiger partial charge in [0, 0.05) is 19.7 Å². The van der Waals surface area contributed by atoms with Gasteiger partial charge in [-0.3, -0.25) is 0 Å². The van der Waals surface area contributed by atoms with E-state index in [2.05, 4.69) is 12.2 Å². The number of rotatable bonds is 5. The van der Waals surface area contributed by atoms with Gasteiger partial charge in [0.15, 0.2) is 0 Å². The van der Waals surface area contributed by atoms with E-state index in [1.54, 1.807) is 6.07 Å². The van der Waals surface area contributed by atoms with Crippen LogP contribution < -0.4 is 10.2 Å². The predicted molar refractivity (Wildman–Crippen MR) is 76.1 cm³/mol. The number of hydrogen-bond donors (Lipinski definition) is 1. The summed E-state index contributed by atoms with van der Waals surface area (Å²) in [7, 11) is 1.94. The van der Waals surface area contributed by atoms with Gasteiger partial charge < -0.3 is 15.0 Å². The average Bonchev–Trinajstić information content (AvgIpc) is 2.92. The molecular weight excluding hydrogens is 243 g/mol. The van der Waals surface area contributed by atoms with E-state index < -0.39 is 0 Å². The Hall–Kier alpha value is -1.13. The Morgan fingerprint density at radius 3 is 2.89 bits per heavy atom. The molecule has 1 aliphatic heterocycles. The van der Waals surface area contributed by atoms with Gasteiger partial charge in [0.1, 0.15) is 5.82 Å². The average molecular weight is 266 g/mol. The third kappa shape index (κ3) is 3.25. The highest BCUT2D eigenvalue weighted by Gasteiger charge is 2.22. The summed E-state index contributed by atoms with van der Waals surface area (Å²) >= 11 is 0. The molecular formula is C15H23FN2O. The van der Waals surface area contributed by atoms with Gasteiger partial charge in [-0.05, 0) is 37.6 Å². The van der Waals surface area contributed by atoms with Crippen LogP contribution in [0.2, 0.25) is 0 Å². The molecule has 0 aliphatic carbocycles. The van der Waals surface area contributed by atoms with Crippen LogP contribution in [0.5, 0.6) is 0 Å². The van der Waals surface area contributed by atoms with Crippen molar-refractivity contribution in [1.82, 2.24) is 5.32 Å². The van der Waals surface area contributed by atoms with Crippen molar-refractivity contribution in [3.63, 3.8) is 0 Å². The number of nitrogens with one attached hydrogen (secondary N) is 1. The van der Waals surface area contributed by atoms with E-state index in [9.17, 15) is 4.39 Å². The number of benzene rings is 1. The van der Waals surface area contributed by atoms with Crippen LogP contribution in [0.3, 0.4) is 0 Å². The molecule has 0 radical (unpaired) electrons. The van der Waals surface area contributed by atoms with E-state index in [-0.39, 0.29) is 17.9 Å². The minimum atomic E-state index is -0.156. The topological polar surface area (TPSA) is 24.5 Å². The fraction of sp³-hybridized carbons (Fsp3) is 0.600. The molecule has 1 aliphatic rings. The van der Waals surface area contributed by atoms with Crippen LogP contribution >= 0.6 is 0 Å². The number of ether oxygens (including phenoxy) is 1. The summed E-state index contributed by atoms with van der Waals surface area (Å²) in [6, 6.07) is 5.96. The molecule has 1 saturated heterocycles. The van der Waals surface area contributed by atoms with Crippen LogP contribution in [-0.2, 0) is 4.74 Å². The number of halogens is 1. The van der Waals surface area contributed by atoms with Crippen LogP contribution in [0.1, 0.15) is 31.9 Å². The first kappa shape index (κ1) is 14.3. The lowest BCUT2D eigenvalue weighted by Gasteiger charge is -2.26. The van der Waals surface area contributed by atoms with Gasteiger partial charge in [-0.2, -0.15) is 0 Å². The van der Waals surface area contributed by atoms with E-state index in [4.69, 9.17) is 4.74 Å². The zero-order valence-corrected chi connectivity index (χ0v) is 11.9. The smallest absolute Gasteiger partial charge is 0.146 e. The minimum absolute atomic E-state index is 0.156. The standard InChI is InChI=1S/C15H23FN2O/c1-4-17-11(2)12-5-6-15(14(16)9-12)18(3)13-7-8-19-10-13/h5-6,9,11,13,17H,4,7-8,10H2,1-3H3. The number of anilines is 1. The van der Waals surface area contributed by atoms with Gasteiger partial charge in [0.05, 0.1) is 18.3 Å². The summed E-state index contributed by atoms with van der Waals surface area (Å²) in [5.41, 5.74) is 1.64. The molecule has 1 aromatic rings. The van der Waals surface area contributed by atoms with Gasteiger partial charge >= 0.3 is 0 Å². The molecule has 2 unspecified atom stereocenters. The van der Waals surface area contributed by atoms with E-state index in [1.165, 1.54) is 0 Å². The Morgan fingerprint density at radius 2 is 2.32 bits per heavy atom. The van der Waals surface area contributed by atoms with E-state index >= 15 is 0 Å². The third-order valence-corrected chi connectivity index (χ3v) is 3.82. The molecule has 1 fully saturated rings. The monoisotopic (exact) mass is 266 g/mol. The number of nitrogens with zero attached hydrogens (tertiary/aromatic N) is 1. The van der Waals surface area contributed by atoms with Crippen LogP contribution in [0.25, 0.3) is 0 Å². The van der Waals surface area contributed by atoms with Gasteiger partial charge in [0.2, 0.25) is 0 Å². The van der Waals surface area contributed by atoms with Crippen LogP contribution in [-0.4, -0.2) is 32.8 Å². The van der Waals surface area contributed by atoms with E-state index in [1.807, 2.05) is 31.0 Å². The van der Waals surface area contributed by atoms with Crippen LogP contribution in [0, 0.1) is 5.82 Å². The molecule has 0 spiro atoms. The van der Waals surface area contributed by atoms with Crippen molar-refractivity contribution in [1.29, 1.82) is 0 Å². The molecule has 0 bridgehead atoms. The lowest BCUT2D eigenvalue weighted by Crippen LogP contribution is -2.32. The Kier molecular flexibility index (Phi) is 4.77. The highest BCUT2D eigenvalue weighted by molar-refractivity contribution is 5.50. The number of likely N-dealkylation sites (N-methyl/N-ethyl adjacent to an activating group) is 1. The largest absolute Gasteiger partial charge is 0.379 e. The minimum Gasteiger partial charge on any atom is -0.379 e. The second-order valence-corrected chi connectivity index (χ2v) is 5.12. The first-order chi connectivity index (χ1) is 9.13. The zero-order chi connectivity index (χ0) is 13.8. The van der Waals surface area contributed by atoms with Crippen molar-refractivity contribution < 1.29 is 9.13 Å². The second-order valence-electron chi connectivity index (χ2n) is 5.12. The Morgan fingerprint density at radius 1 is 1.53 bits per heavy atom. The van der Waals surface area contributed by atoms with Crippen molar-refractivity contribution in [2.24, 2.45) is 0 Å². The van der Waals surface area contributed by atoms with E-state index in [0.717, 1.165) is 25.1 Å². The lowest BCUT2D eigenvalue weighted by molar-refractivity contribution is 0.193. The SMILES string of the molecule is CCNC(C)c1ccc(N(C)C2CCOC2)c(F)c1. The van der Waals surface area contributed by atoms with Crippen molar-refractivity contribution >= 4 is 5.69 Å². The first-order valence-corrected chi connectivity index (χ1v) is 6.97. The lowest BCUT2D eigenvalue weighted by atomic mass is 10.1. The summed E-state index contributed by atoms with van der Waals surface area (Å²) in [6.07, 6.45) is 0.964. The number of hydrogen-bond acceptors (Lipinski definition) is 3. The van der Waals surface area contributed by atoms with Crippen LogP contribution in [0.15, 0.2) is 18.2 Å². The normalized spacial score (nSPS) is 20.5. The Bertz CT molecular complexity index is 419. The highest BCUT2D eigenvalue weighted by atomic mass is 19.1. The molecule has 19 heavy (non-hydrogen) atoms. The summed E-state index contributed by atoms with van der Waals surface area (Å²) in [5, 5.41) is 3.29. The highest BCUT2D eigenvalue weighted by Crippen LogP contribution is 2.26. The molecule has 2 rings (SSSR count). The molecule has 1 heterocycles. The van der Waals surface area contributed by atoms with E-state index in [0.29, 0.717) is 12.3 Å². The molecule has 106 valence electrons. The summed E-state index contributed by atoms with van der Waals surface area (Å²) in [6.45, 7) is 6.43. The summed E-state index contributed by atoms with van der Waals surface area (Å²) in [4.78, 5) is 1.99. The van der Waals surface area contributed by atoms with Gasteiger partial charge in [-0.15, -0.1) is 0 Å². The maximum absolute atomic E-state index is 14.2. The maximum atomic E-state index is 14.2. The molecule has 2 atom stereocenters. The predicted octanol–water partition coefficient (Wildman–Crippen LogP) is 2.72. The van der Waals surface area contributed by atoms with Gasteiger partial charge in [-0.1, -0.05) is 13.0 Å². The fourth-order valence-electron chi connectivity index (χ4n) is 2.53. The summed E-state index contributed by atoms with van der Waals surface area (Å²) < 4.78 is 19.6. The molecule has 3 nitrogen and oxygen atoms in total. The molecule has 0 saturated carbocycles. The quantitative estimate of drug-likeness (QED) is 0.887. The Balaban J connectivity index is 2.14. The van der Waals surface area contributed by atoms with Crippen molar-refractivity contribution in [3.8, 4) is 0 Å². The van der Waals surface area contributed by atoms with Gasteiger partial charge in [0.25, 0.3) is 0 Å². The molecule has 1 aromatic carbocycles. The maximum Gasteiger partial charge on any atom is 0.146 e. The Labute approximate surface area is 114 Å². The molecule has 1 N–H and O–H groups in total. The molecule has 0 aromatic heterocycles.